The van der Waals surface area contributed by atoms with Crippen molar-refractivity contribution in [2.45, 2.75) is 30.7 Å². The number of halogens is 2. The van der Waals surface area contributed by atoms with Crippen LogP contribution < -0.4 is 10.0 Å². The smallest absolute Gasteiger partial charge is 0.243 e. The molecule has 0 amide bonds. The van der Waals surface area contributed by atoms with Crippen molar-refractivity contribution in [3.8, 4) is 11.3 Å². The first kappa shape index (κ1) is 23.2. The molecule has 2 N–H and O–H groups in total. The second-order valence-corrected chi connectivity index (χ2v) is 8.74. The number of hydrogen-bond donors (Lipinski definition) is 2. The minimum Gasteiger partial charge on any atom is -0.360 e. The van der Waals surface area contributed by atoms with Crippen molar-refractivity contribution in [2.75, 3.05) is 11.9 Å². The number of anilines is 1. The second-order valence-electron chi connectivity index (χ2n) is 6.20. The molecule has 0 aliphatic heterocycles. The van der Waals surface area contributed by atoms with Gasteiger partial charge in [-0.1, -0.05) is 25.5 Å². The van der Waals surface area contributed by atoms with Crippen molar-refractivity contribution in [1.29, 1.82) is 0 Å². The summed E-state index contributed by atoms with van der Waals surface area (Å²) in [6.45, 7) is 2.32. The van der Waals surface area contributed by atoms with Crippen LogP contribution in [0, 0.1) is 5.82 Å². The van der Waals surface area contributed by atoms with Gasteiger partial charge in [-0.15, -0.1) is 23.7 Å². The number of aromatic nitrogens is 2. The molecule has 2 heterocycles. The Kier molecular flexibility index (Phi) is 8.51. The largest absolute Gasteiger partial charge is 0.360 e. The summed E-state index contributed by atoms with van der Waals surface area (Å²) < 4.78 is 41.6. The number of sulfonamides is 1. The van der Waals surface area contributed by atoms with Crippen LogP contribution in [0.1, 0.15) is 19.8 Å². The highest BCUT2D eigenvalue weighted by molar-refractivity contribution is 7.89. The van der Waals surface area contributed by atoms with Crippen LogP contribution in [0.2, 0.25) is 0 Å². The molecule has 3 aromatic rings. The van der Waals surface area contributed by atoms with E-state index in [1.165, 1.54) is 29.5 Å². The molecule has 0 saturated heterocycles. The Morgan fingerprint density at radius 1 is 1.21 bits per heavy atom. The lowest BCUT2D eigenvalue weighted by atomic mass is 10.2. The monoisotopic (exact) mass is 456 g/mol. The van der Waals surface area contributed by atoms with Gasteiger partial charge in [-0.25, -0.2) is 22.5 Å². The van der Waals surface area contributed by atoms with Gasteiger partial charge in [0.15, 0.2) is 5.13 Å². The van der Waals surface area contributed by atoms with Crippen LogP contribution in [0.4, 0.5) is 9.52 Å². The van der Waals surface area contributed by atoms with Crippen LogP contribution in [0.15, 0.2) is 59.1 Å². The van der Waals surface area contributed by atoms with Gasteiger partial charge in [0.25, 0.3) is 0 Å². The third kappa shape index (κ3) is 6.20. The minimum absolute atomic E-state index is 0. The fraction of sp³-hybridized carbons (Fsp3) is 0.263. The SMILES string of the molecule is CCCC(CNc1nc(-c2cccnc2)cs1)NS(=O)(=O)c1ccccc1F.Cl. The summed E-state index contributed by atoms with van der Waals surface area (Å²) in [6.07, 6.45) is 4.83. The van der Waals surface area contributed by atoms with Gasteiger partial charge < -0.3 is 5.32 Å². The van der Waals surface area contributed by atoms with Gasteiger partial charge in [-0.2, -0.15) is 0 Å². The van der Waals surface area contributed by atoms with Crippen molar-refractivity contribution in [3.63, 3.8) is 0 Å². The summed E-state index contributed by atoms with van der Waals surface area (Å²) in [4.78, 5) is 8.25. The van der Waals surface area contributed by atoms with E-state index < -0.39 is 15.8 Å². The number of nitrogens with one attached hydrogen (secondary N) is 2. The molecule has 1 aromatic carbocycles. The maximum absolute atomic E-state index is 13.9. The fourth-order valence-corrected chi connectivity index (χ4v) is 4.79. The summed E-state index contributed by atoms with van der Waals surface area (Å²) in [6, 6.07) is 8.74. The van der Waals surface area contributed by atoms with Gasteiger partial charge in [0, 0.05) is 35.9 Å². The van der Waals surface area contributed by atoms with Crippen LogP contribution in [0.3, 0.4) is 0 Å². The van der Waals surface area contributed by atoms with Crippen molar-refractivity contribution >= 4 is 38.9 Å². The Labute approximate surface area is 180 Å². The van der Waals surface area contributed by atoms with E-state index in [0.29, 0.717) is 18.1 Å². The summed E-state index contributed by atoms with van der Waals surface area (Å²) in [5.74, 6) is -0.765. The van der Waals surface area contributed by atoms with Crippen LogP contribution >= 0.6 is 23.7 Å². The van der Waals surface area contributed by atoms with Crippen LogP contribution in [-0.4, -0.2) is 31.0 Å². The molecule has 0 saturated carbocycles. The first-order chi connectivity index (χ1) is 13.5. The molecule has 6 nitrogen and oxygen atoms in total. The summed E-state index contributed by atoms with van der Waals surface area (Å²) in [5, 5.41) is 5.77. The molecule has 0 spiro atoms. The number of benzene rings is 1. The minimum atomic E-state index is -3.94. The van der Waals surface area contributed by atoms with Gasteiger partial charge in [-0.05, 0) is 30.7 Å². The number of rotatable bonds is 9. The van der Waals surface area contributed by atoms with Gasteiger partial charge >= 0.3 is 0 Å². The molecular formula is C19H22ClFN4O2S2. The molecule has 29 heavy (non-hydrogen) atoms. The van der Waals surface area contributed by atoms with Gasteiger partial charge in [-0.3, -0.25) is 4.98 Å². The molecule has 3 rings (SSSR count). The first-order valence-electron chi connectivity index (χ1n) is 8.86. The zero-order valence-electron chi connectivity index (χ0n) is 15.7. The lowest BCUT2D eigenvalue weighted by Crippen LogP contribution is -2.39. The molecule has 156 valence electrons. The van der Waals surface area contributed by atoms with Crippen molar-refractivity contribution in [3.05, 3.63) is 60.0 Å². The van der Waals surface area contributed by atoms with E-state index in [9.17, 15) is 12.8 Å². The van der Waals surface area contributed by atoms with Crippen molar-refractivity contribution in [2.24, 2.45) is 0 Å². The molecule has 0 fully saturated rings. The van der Waals surface area contributed by atoms with E-state index >= 15 is 0 Å². The summed E-state index contributed by atoms with van der Waals surface area (Å²) in [7, 11) is -3.94. The Morgan fingerprint density at radius 3 is 2.69 bits per heavy atom. The first-order valence-corrected chi connectivity index (χ1v) is 11.2. The maximum Gasteiger partial charge on any atom is 0.243 e. The molecule has 2 aromatic heterocycles. The molecule has 1 atom stereocenters. The van der Waals surface area contributed by atoms with Crippen LogP contribution in [0.5, 0.6) is 0 Å². The Morgan fingerprint density at radius 2 is 2.00 bits per heavy atom. The molecule has 0 bridgehead atoms. The molecule has 0 radical (unpaired) electrons. The zero-order chi connectivity index (χ0) is 20.0. The Bertz CT molecular complexity index is 1020. The van der Waals surface area contributed by atoms with E-state index in [1.54, 1.807) is 12.4 Å². The van der Waals surface area contributed by atoms with Gasteiger partial charge in [0.1, 0.15) is 10.7 Å². The lowest BCUT2D eigenvalue weighted by molar-refractivity contribution is 0.523. The number of nitrogens with zero attached hydrogens (tertiary/aromatic N) is 2. The molecule has 1 unspecified atom stereocenters. The molecular weight excluding hydrogens is 435 g/mol. The Hall–Kier alpha value is -2.07. The third-order valence-electron chi connectivity index (χ3n) is 4.05. The van der Waals surface area contributed by atoms with E-state index in [0.717, 1.165) is 23.7 Å². The highest BCUT2D eigenvalue weighted by Gasteiger charge is 2.22. The fourth-order valence-electron chi connectivity index (χ4n) is 2.71. The topological polar surface area (TPSA) is 84.0 Å². The van der Waals surface area contributed by atoms with Crippen LogP contribution in [-0.2, 0) is 10.0 Å². The van der Waals surface area contributed by atoms with Gasteiger partial charge in [0.2, 0.25) is 10.0 Å². The molecule has 0 aliphatic carbocycles. The maximum atomic E-state index is 13.9. The summed E-state index contributed by atoms with van der Waals surface area (Å²) >= 11 is 1.43. The quantitative estimate of drug-likeness (QED) is 0.500. The predicted octanol–water partition coefficient (Wildman–Crippen LogP) is 4.33. The summed E-state index contributed by atoms with van der Waals surface area (Å²) in [5.41, 5.74) is 1.72. The number of thiazole rings is 1. The average molecular weight is 457 g/mol. The number of hydrogen-bond acceptors (Lipinski definition) is 6. The van der Waals surface area contributed by atoms with E-state index in [1.807, 2.05) is 24.4 Å². The highest BCUT2D eigenvalue weighted by Crippen LogP contribution is 2.24. The zero-order valence-corrected chi connectivity index (χ0v) is 18.2. The van der Waals surface area contributed by atoms with E-state index in [-0.39, 0.29) is 23.3 Å². The van der Waals surface area contributed by atoms with Crippen LogP contribution in [0.25, 0.3) is 11.3 Å². The lowest BCUT2D eigenvalue weighted by Gasteiger charge is -2.18. The molecule has 10 heteroatoms. The number of pyridine rings is 1. The third-order valence-corrected chi connectivity index (χ3v) is 6.40. The average Bonchev–Trinajstić information content (AvgIpc) is 3.16. The standard InChI is InChI=1S/C19H21FN4O2S2.ClH/c1-2-6-15(24-28(25,26)18-9-4-3-8-16(18)20)12-22-19-23-17(13-27-19)14-7-5-10-21-11-14;/h3-5,7-11,13,15,24H,2,6,12H2,1H3,(H,22,23);1H. The van der Waals surface area contributed by atoms with Crippen molar-refractivity contribution < 1.29 is 12.8 Å². The predicted molar refractivity (Wildman–Crippen MR) is 117 cm³/mol. The van der Waals surface area contributed by atoms with Gasteiger partial charge in [0.05, 0.1) is 5.69 Å². The molecule has 0 aliphatic rings. The van der Waals surface area contributed by atoms with E-state index in [4.69, 9.17) is 0 Å². The normalized spacial score (nSPS) is 12.2. The highest BCUT2D eigenvalue weighted by atomic mass is 35.5. The van der Waals surface area contributed by atoms with Crippen molar-refractivity contribution in [1.82, 2.24) is 14.7 Å². The van der Waals surface area contributed by atoms with E-state index in [2.05, 4.69) is 20.0 Å². The second kappa shape index (κ2) is 10.6. The Balaban J connectivity index is 0.00000300.